The van der Waals surface area contributed by atoms with Crippen LogP contribution in [0, 0.1) is 0 Å². The van der Waals surface area contributed by atoms with Crippen molar-refractivity contribution in [2.75, 3.05) is 0 Å². The predicted molar refractivity (Wildman–Crippen MR) is 103 cm³/mol. The first-order chi connectivity index (χ1) is 25.5. The lowest BCUT2D eigenvalue weighted by Gasteiger charge is -2.42. The van der Waals surface area contributed by atoms with Crippen molar-refractivity contribution in [3.05, 3.63) is 0 Å². The van der Waals surface area contributed by atoms with Crippen molar-refractivity contribution in [1.29, 1.82) is 0 Å². The van der Waals surface area contributed by atoms with Crippen LogP contribution < -0.4 is 0 Å². The first-order valence-corrected chi connectivity index (χ1v) is 13.4. The first-order valence-electron chi connectivity index (χ1n) is 12.3. The third kappa shape index (κ3) is 8.17. The predicted octanol–water partition coefficient (Wildman–Crippen LogP) is 13.4. The van der Waals surface area contributed by atoms with E-state index < -0.39 is 117 Å². The van der Waals surface area contributed by atoms with Crippen molar-refractivity contribution < 1.29 is 185 Å². The molecule has 0 bridgehead atoms. The Hall–Kier alpha value is -2.42. The maximum Gasteiger partial charge on any atom is 0.460 e. The van der Waals surface area contributed by atoms with Gasteiger partial charge >= 0.3 is 117 Å². The standard InChI is InChI=1S/C18F39O3P/c19-1(20,7(31,32)13(43,44)45)4(25,26)10(37,38)16(52,53)58-61(59-17(54,55)11(39,40)5(27,28)2(21,22)8(33,34)14(46,47)48)60-18(56,57)12(41,42)6(29,30)3(23,24)9(35,36)15(49,50)51. The molecular formula is C18F39O3P. The number of halogens is 39. The van der Waals surface area contributed by atoms with E-state index in [2.05, 4.69) is 0 Å². The van der Waals surface area contributed by atoms with Crippen LogP contribution in [0.15, 0.2) is 0 Å². The summed E-state index contributed by atoms with van der Waals surface area (Å²) in [6, 6.07) is 0. The maximum atomic E-state index is 14.0. The van der Waals surface area contributed by atoms with Crippen LogP contribution in [0.4, 0.5) is 171 Å². The van der Waals surface area contributed by atoms with E-state index in [0.717, 1.165) is 13.6 Å². The van der Waals surface area contributed by atoms with Gasteiger partial charge < -0.3 is 0 Å². The fourth-order valence-corrected chi connectivity index (χ4v) is 3.79. The molecule has 0 unspecified atom stereocenters. The Bertz CT molecular complexity index is 1360. The average Bonchev–Trinajstić information content (AvgIpc) is 2.97. The second-order valence-electron chi connectivity index (χ2n) is 10.4. The summed E-state index contributed by atoms with van der Waals surface area (Å²) in [7, 11) is -8.57. The Balaban J connectivity index is 8.18. The second-order valence-corrected chi connectivity index (χ2v) is 11.4. The SMILES string of the molecule is FC(F)(F)C(F)(F)C(F)(F)C(F)(F)C(F)(F)C(F)(F)OP(OC(F)(F)C(F)(F)C(F)(F)C(F)(F)C(F)(F)C(F)(F)F)OC(F)(F)C(F)(F)C(F)(F)C(F)(F)C(F)(F)C(F)(F)F. The summed E-state index contributed by atoms with van der Waals surface area (Å²) in [6.45, 7) is 0. The lowest BCUT2D eigenvalue weighted by Crippen LogP contribution is -2.71. The molecule has 0 aromatic rings. The Kier molecular flexibility index (Phi) is 14.2. The van der Waals surface area contributed by atoms with Crippen LogP contribution in [0.5, 0.6) is 0 Å². The molecule has 0 aliphatic heterocycles. The Morgan fingerprint density at radius 2 is 0.279 bits per heavy atom. The summed E-state index contributed by atoms with van der Waals surface area (Å²) in [5.41, 5.74) is 0. The average molecular weight is 1040 g/mol. The molecule has 0 aromatic carbocycles. The van der Waals surface area contributed by atoms with Crippen molar-refractivity contribution in [2.45, 2.75) is 108 Å². The van der Waals surface area contributed by atoms with Crippen LogP contribution in [-0.2, 0) is 13.6 Å². The van der Waals surface area contributed by atoms with Crippen LogP contribution in [0.2, 0.25) is 0 Å². The highest BCUT2D eigenvalue weighted by Crippen LogP contribution is 2.69. The van der Waals surface area contributed by atoms with E-state index in [9.17, 15) is 171 Å². The highest BCUT2D eigenvalue weighted by atomic mass is 31.2. The van der Waals surface area contributed by atoms with Gasteiger partial charge in [-0.2, -0.15) is 171 Å². The minimum atomic E-state index is -9.57. The fraction of sp³-hybridized carbons (Fsp3) is 1.00. The summed E-state index contributed by atoms with van der Waals surface area (Å²) in [5, 5.41) is 0. The number of hydrogen-bond acceptors (Lipinski definition) is 3. The summed E-state index contributed by atoms with van der Waals surface area (Å²) in [6.07, 6.45) is -53.1. The smallest absolute Gasteiger partial charge is 0.241 e. The molecule has 0 rings (SSSR count). The van der Waals surface area contributed by atoms with Gasteiger partial charge in [-0.15, -0.1) is 0 Å². The third-order valence-corrected chi connectivity index (χ3v) is 7.42. The highest BCUT2D eigenvalue weighted by Gasteiger charge is 2.95. The number of hydrogen-bond donors (Lipinski definition) is 0. The zero-order valence-corrected chi connectivity index (χ0v) is 26.3. The number of rotatable bonds is 18. The van der Waals surface area contributed by atoms with E-state index in [-0.39, 0.29) is 0 Å². The molecule has 0 fully saturated rings. The molecule has 0 saturated heterocycles. The van der Waals surface area contributed by atoms with Gasteiger partial charge in [0.15, 0.2) is 0 Å². The van der Waals surface area contributed by atoms with Gasteiger partial charge in [0.05, 0.1) is 0 Å². The van der Waals surface area contributed by atoms with Crippen LogP contribution in [-0.4, -0.2) is 108 Å². The monoisotopic (exact) mass is 1040 g/mol. The van der Waals surface area contributed by atoms with Crippen LogP contribution in [0.3, 0.4) is 0 Å². The summed E-state index contributed by atoms with van der Waals surface area (Å²) < 4.78 is 520. The van der Waals surface area contributed by atoms with E-state index >= 15 is 0 Å². The molecule has 3 nitrogen and oxygen atoms in total. The molecule has 0 aliphatic carbocycles. The molecule has 0 heterocycles. The van der Waals surface area contributed by atoms with Gasteiger partial charge in [-0.1, -0.05) is 0 Å². The highest BCUT2D eigenvalue weighted by molar-refractivity contribution is 7.41. The van der Waals surface area contributed by atoms with Gasteiger partial charge in [0.25, 0.3) is 0 Å². The van der Waals surface area contributed by atoms with Crippen LogP contribution in [0.1, 0.15) is 0 Å². The molecule has 368 valence electrons. The lowest BCUT2D eigenvalue weighted by atomic mass is 9.97. The largest absolute Gasteiger partial charge is 0.460 e. The third-order valence-electron chi connectivity index (χ3n) is 6.28. The molecule has 0 radical (unpaired) electrons. The van der Waals surface area contributed by atoms with Crippen molar-refractivity contribution in [3.63, 3.8) is 0 Å². The van der Waals surface area contributed by atoms with Gasteiger partial charge in [0.1, 0.15) is 0 Å². The van der Waals surface area contributed by atoms with Crippen molar-refractivity contribution in [3.8, 4) is 0 Å². The molecule has 0 aromatic heterocycles. The zero-order chi connectivity index (χ0) is 50.7. The summed E-state index contributed by atoms with van der Waals surface area (Å²) in [4.78, 5) is 0. The zero-order valence-electron chi connectivity index (χ0n) is 25.4. The molecule has 0 saturated carbocycles. The van der Waals surface area contributed by atoms with Crippen molar-refractivity contribution in [2.24, 2.45) is 0 Å². The molecule has 43 heteroatoms. The van der Waals surface area contributed by atoms with Crippen LogP contribution in [0.25, 0.3) is 0 Å². The van der Waals surface area contributed by atoms with E-state index in [4.69, 9.17) is 0 Å². The molecule has 61 heavy (non-hydrogen) atoms. The normalized spacial score (nSPS) is 17.1. The van der Waals surface area contributed by atoms with E-state index in [1.54, 1.807) is 0 Å². The second kappa shape index (κ2) is 14.8. The summed E-state index contributed by atoms with van der Waals surface area (Å²) >= 11 is 0. The van der Waals surface area contributed by atoms with E-state index in [0.29, 0.717) is 0 Å². The fourth-order valence-electron chi connectivity index (χ4n) is 2.77. The Labute approximate surface area is 302 Å². The van der Waals surface area contributed by atoms with E-state index in [1.807, 2.05) is 0 Å². The quantitative estimate of drug-likeness (QED) is 0.101. The Morgan fingerprint density at radius 3 is 0.393 bits per heavy atom. The minimum Gasteiger partial charge on any atom is -0.241 e. The number of alkyl halides is 39. The molecule has 0 aliphatic rings. The topological polar surface area (TPSA) is 27.7 Å². The van der Waals surface area contributed by atoms with Gasteiger partial charge in [-0.3, -0.25) is 0 Å². The molecule has 0 amide bonds. The molecule has 0 N–H and O–H groups in total. The van der Waals surface area contributed by atoms with Gasteiger partial charge in [-0.25, -0.2) is 13.6 Å². The van der Waals surface area contributed by atoms with Gasteiger partial charge in [0.2, 0.25) is 0 Å². The first kappa shape index (κ1) is 58.6. The minimum absolute atomic E-state index is 1.13. The van der Waals surface area contributed by atoms with Crippen molar-refractivity contribution in [1.82, 2.24) is 0 Å². The summed E-state index contributed by atoms with van der Waals surface area (Å²) in [5.74, 6) is -112. The molecular weight excluding hydrogens is 1040 g/mol. The van der Waals surface area contributed by atoms with Crippen LogP contribution >= 0.6 is 8.60 Å². The molecule has 0 atom stereocenters. The van der Waals surface area contributed by atoms with Gasteiger partial charge in [0, 0.05) is 0 Å². The Morgan fingerprint density at radius 1 is 0.164 bits per heavy atom. The molecule has 0 spiro atoms. The van der Waals surface area contributed by atoms with Gasteiger partial charge in [-0.05, 0) is 0 Å². The van der Waals surface area contributed by atoms with Crippen molar-refractivity contribution >= 4 is 8.60 Å². The maximum absolute atomic E-state index is 14.0. The van der Waals surface area contributed by atoms with E-state index in [1.165, 1.54) is 0 Å². The lowest BCUT2D eigenvalue weighted by molar-refractivity contribution is -0.469.